The van der Waals surface area contributed by atoms with Gasteiger partial charge in [0.15, 0.2) is 0 Å². The Morgan fingerprint density at radius 1 is 1.69 bits per heavy atom. The lowest BCUT2D eigenvalue weighted by atomic mass is 10.1. The standard InChI is InChI=1S/C11H16N2O2S/c14-10(7-9-2-5-15-8-9)12-3-1-11-13-4-6-16-11/h4,6,9H,1-3,5,7-8H2,(H,12,14). The van der Waals surface area contributed by atoms with Crippen LogP contribution in [0.5, 0.6) is 0 Å². The molecule has 0 bridgehead atoms. The molecule has 1 N–H and O–H groups in total. The van der Waals surface area contributed by atoms with Gasteiger partial charge in [-0.3, -0.25) is 4.79 Å². The van der Waals surface area contributed by atoms with E-state index in [4.69, 9.17) is 4.74 Å². The fraction of sp³-hybridized carbons (Fsp3) is 0.636. The number of ether oxygens (including phenoxy) is 1. The van der Waals surface area contributed by atoms with Crippen molar-refractivity contribution < 1.29 is 9.53 Å². The minimum Gasteiger partial charge on any atom is -0.381 e. The molecule has 16 heavy (non-hydrogen) atoms. The van der Waals surface area contributed by atoms with Crippen LogP contribution < -0.4 is 5.32 Å². The molecule has 0 spiro atoms. The average molecular weight is 240 g/mol. The highest BCUT2D eigenvalue weighted by Gasteiger charge is 2.18. The minimum absolute atomic E-state index is 0.132. The second-order valence-electron chi connectivity index (χ2n) is 3.96. The fourth-order valence-electron chi connectivity index (χ4n) is 1.76. The van der Waals surface area contributed by atoms with Gasteiger partial charge in [0.2, 0.25) is 5.91 Å². The van der Waals surface area contributed by atoms with Crippen molar-refractivity contribution in [3.63, 3.8) is 0 Å². The second kappa shape index (κ2) is 5.96. The number of nitrogens with zero attached hydrogens (tertiary/aromatic N) is 1. The first-order chi connectivity index (χ1) is 7.84. The third kappa shape index (κ3) is 3.57. The number of amides is 1. The third-order valence-electron chi connectivity index (χ3n) is 2.64. The highest BCUT2D eigenvalue weighted by Crippen LogP contribution is 2.15. The Morgan fingerprint density at radius 3 is 3.31 bits per heavy atom. The molecule has 1 aromatic heterocycles. The van der Waals surface area contributed by atoms with Gasteiger partial charge < -0.3 is 10.1 Å². The first kappa shape index (κ1) is 11.5. The Hall–Kier alpha value is -0.940. The van der Waals surface area contributed by atoms with Crippen LogP contribution in [0.25, 0.3) is 0 Å². The van der Waals surface area contributed by atoms with Gasteiger partial charge in [-0.1, -0.05) is 0 Å². The maximum absolute atomic E-state index is 11.5. The van der Waals surface area contributed by atoms with Gasteiger partial charge in [-0.15, -0.1) is 11.3 Å². The van der Waals surface area contributed by atoms with Crippen molar-refractivity contribution in [2.24, 2.45) is 5.92 Å². The summed E-state index contributed by atoms with van der Waals surface area (Å²) in [6.45, 7) is 2.22. The molecule has 1 unspecified atom stereocenters. The number of thiazole rings is 1. The molecular formula is C11H16N2O2S. The molecule has 5 heteroatoms. The van der Waals surface area contributed by atoms with Crippen LogP contribution in [-0.4, -0.2) is 30.6 Å². The van der Waals surface area contributed by atoms with E-state index in [9.17, 15) is 4.79 Å². The largest absolute Gasteiger partial charge is 0.381 e. The molecule has 4 nitrogen and oxygen atoms in total. The smallest absolute Gasteiger partial charge is 0.220 e. The molecule has 0 aromatic carbocycles. The average Bonchev–Trinajstić information content (AvgIpc) is 2.90. The van der Waals surface area contributed by atoms with E-state index >= 15 is 0 Å². The molecule has 1 aliphatic rings. The predicted molar refractivity (Wildman–Crippen MR) is 62.4 cm³/mol. The maximum atomic E-state index is 11.5. The molecule has 1 fully saturated rings. The van der Waals surface area contributed by atoms with Gasteiger partial charge in [-0.2, -0.15) is 0 Å². The van der Waals surface area contributed by atoms with E-state index in [1.165, 1.54) is 0 Å². The summed E-state index contributed by atoms with van der Waals surface area (Å²) in [4.78, 5) is 15.7. The number of aromatic nitrogens is 1. The Labute approximate surface area is 99.0 Å². The fourth-order valence-corrected chi connectivity index (χ4v) is 2.38. The van der Waals surface area contributed by atoms with Crippen molar-refractivity contribution in [2.75, 3.05) is 19.8 Å². The molecule has 2 heterocycles. The molecule has 2 rings (SSSR count). The van der Waals surface area contributed by atoms with Gasteiger partial charge >= 0.3 is 0 Å². The van der Waals surface area contributed by atoms with Crippen LogP contribution in [0.4, 0.5) is 0 Å². The van der Waals surface area contributed by atoms with Crippen molar-refractivity contribution in [1.82, 2.24) is 10.3 Å². The molecule has 88 valence electrons. The van der Waals surface area contributed by atoms with E-state index in [1.807, 2.05) is 5.38 Å². The highest BCUT2D eigenvalue weighted by molar-refractivity contribution is 7.09. The summed E-state index contributed by atoms with van der Waals surface area (Å²) < 4.78 is 5.23. The lowest BCUT2D eigenvalue weighted by Gasteiger charge is -2.07. The van der Waals surface area contributed by atoms with Crippen LogP contribution in [0.3, 0.4) is 0 Å². The summed E-state index contributed by atoms with van der Waals surface area (Å²) >= 11 is 1.63. The zero-order valence-electron chi connectivity index (χ0n) is 9.15. The number of hydrogen-bond acceptors (Lipinski definition) is 4. The first-order valence-corrected chi connectivity index (χ1v) is 6.45. The van der Waals surface area contributed by atoms with Crippen LogP contribution in [0.15, 0.2) is 11.6 Å². The zero-order chi connectivity index (χ0) is 11.2. The van der Waals surface area contributed by atoms with Crippen molar-refractivity contribution in [3.05, 3.63) is 16.6 Å². The topological polar surface area (TPSA) is 51.2 Å². The molecule has 1 amide bonds. The van der Waals surface area contributed by atoms with E-state index in [0.717, 1.165) is 31.1 Å². The quantitative estimate of drug-likeness (QED) is 0.842. The van der Waals surface area contributed by atoms with Crippen LogP contribution in [0, 0.1) is 5.92 Å². The Bertz CT molecular complexity index is 321. The zero-order valence-corrected chi connectivity index (χ0v) is 9.96. The van der Waals surface area contributed by atoms with Crippen LogP contribution in [-0.2, 0) is 16.0 Å². The predicted octanol–water partition coefficient (Wildman–Crippen LogP) is 1.23. The summed E-state index contributed by atoms with van der Waals surface area (Å²) in [6.07, 6.45) is 4.22. The van der Waals surface area contributed by atoms with Crippen molar-refractivity contribution in [1.29, 1.82) is 0 Å². The SMILES string of the molecule is O=C(CC1CCOC1)NCCc1nccs1. The number of carbonyl (C=O) groups excluding carboxylic acids is 1. The minimum atomic E-state index is 0.132. The van der Waals surface area contributed by atoms with Crippen LogP contribution >= 0.6 is 11.3 Å². The van der Waals surface area contributed by atoms with Gasteiger partial charge in [0.25, 0.3) is 0 Å². The van der Waals surface area contributed by atoms with Gasteiger partial charge in [-0.05, 0) is 12.3 Å². The molecule has 0 radical (unpaired) electrons. The van der Waals surface area contributed by atoms with Crippen molar-refractivity contribution in [3.8, 4) is 0 Å². The summed E-state index contributed by atoms with van der Waals surface area (Å²) in [5, 5.41) is 5.95. The first-order valence-electron chi connectivity index (χ1n) is 5.57. The summed E-state index contributed by atoms with van der Waals surface area (Å²) in [7, 11) is 0. The summed E-state index contributed by atoms with van der Waals surface area (Å²) in [6, 6.07) is 0. The van der Waals surface area contributed by atoms with E-state index in [-0.39, 0.29) is 5.91 Å². The molecule has 0 aliphatic carbocycles. The monoisotopic (exact) mass is 240 g/mol. The molecule has 0 saturated carbocycles. The maximum Gasteiger partial charge on any atom is 0.220 e. The van der Waals surface area contributed by atoms with Crippen LogP contribution in [0.2, 0.25) is 0 Å². The molecule has 1 atom stereocenters. The van der Waals surface area contributed by atoms with Crippen LogP contribution in [0.1, 0.15) is 17.8 Å². The van der Waals surface area contributed by atoms with Crippen molar-refractivity contribution in [2.45, 2.75) is 19.3 Å². The molecular weight excluding hydrogens is 224 g/mol. The van der Waals surface area contributed by atoms with Crippen molar-refractivity contribution >= 4 is 17.2 Å². The molecule has 1 aliphatic heterocycles. The Kier molecular flexibility index (Phi) is 4.30. The van der Waals surface area contributed by atoms with E-state index in [1.54, 1.807) is 17.5 Å². The number of rotatable bonds is 5. The number of carbonyl (C=O) groups is 1. The summed E-state index contributed by atoms with van der Waals surface area (Å²) in [5.41, 5.74) is 0. The third-order valence-corrected chi connectivity index (χ3v) is 3.48. The lowest BCUT2D eigenvalue weighted by molar-refractivity contribution is -0.122. The Morgan fingerprint density at radius 2 is 2.62 bits per heavy atom. The number of nitrogens with one attached hydrogen (secondary N) is 1. The molecule has 1 saturated heterocycles. The van der Waals surface area contributed by atoms with E-state index < -0.39 is 0 Å². The molecule has 1 aromatic rings. The normalized spacial score (nSPS) is 19.9. The van der Waals surface area contributed by atoms with Gasteiger partial charge in [0.05, 0.1) is 5.01 Å². The van der Waals surface area contributed by atoms with Gasteiger partial charge in [-0.25, -0.2) is 4.98 Å². The summed E-state index contributed by atoms with van der Waals surface area (Å²) in [5.74, 6) is 0.548. The lowest BCUT2D eigenvalue weighted by Crippen LogP contribution is -2.27. The Balaban J connectivity index is 1.60. The van der Waals surface area contributed by atoms with E-state index in [0.29, 0.717) is 18.9 Å². The van der Waals surface area contributed by atoms with E-state index in [2.05, 4.69) is 10.3 Å². The number of hydrogen-bond donors (Lipinski definition) is 1. The second-order valence-corrected chi connectivity index (χ2v) is 4.94. The van der Waals surface area contributed by atoms with Gasteiger partial charge in [0.1, 0.15) is 0 Å². The van der Waals surface area contributed by atoms with Gasteiger partial charge in [0, 0.05) is 44.2 Å². The highest BCUT2D eigenvalue weighted by atomic mass is 32.1.